The predicted octanol–water partition coefficient (Wildman–Crippen LogP) is 3.77. The van der Waals surface area contributed by atoms with Gasteiger partial charge in [-0.3, -0.25) is 4.79 Å². The van der Waals surface area contributed by atoms with E-state index < -0.39 is 23.8 Å². The number of rotatable bonds is 4. The lowest BCUT2D eigenvalue weighted by atomic mass is 10.2. The second kappa shape index (κ2) is 7.17. The molecule has 0 spiro atoms. The van der Waals surface area contributed by atoms with Gasteiger partial charge in [-0.15, -0.1) is 0 Å². The Balaban J connectivity index is 1.96. The van der Waals surface area contributed by atoms with E-state index in [1.807, 2.05) is 0 Å². The van der Waals surface area contributed by atoms with Gasteiger partial charge in [-0.05, 0) is 49.4 Å². The summed E-state index contributed by atoms with van der Waals surface area (Å²) in [4.78, 5) is 23.8. The number of carbonyl (C=O) groups excluding carboxylic acids is 2. The van der Waals surface area contributed by atoms with E-state index in [2.05, 4.69) is 21.2 Å². The molecule has 1 unspecified atom stereocenters. The zero-order chi connectivity index (χ0) is 16.1. The molecule has 0 aliphatic carbocycles. The largest absolute Gasteiger partial charge is 0.449 e. The molecule has 2 aromatic rings. The Bertz CT molecular complexity index is 688. The minimum atomic E-state index is -1.00. The van der Waals surface area contributed by atoms with Crippen LogP contribution in [-0.2, 0) is 9.53 Å². The molecule has 0 saturated carbocycles. The van der Waals surface area contributed by atoms with Gasteiger partial charge in [0.25, 0.3) is 5.91 Å². The van der Waals surface area contributed by atoms with Crippen LogP contribution in [0, 0.1) is 5.82 Å². The number of nitrogens with one attached hydrogen (secondary N) is 1. The van der Waals surface area contributed by atoms with Crippen LogP contribution in [0.15, 0.2) is 53.0 Å². The fraction of sp³-hybridized carbons (Fsp3) is 0.125. The van der Waals surface area contributed by atoms with Crippen molar-refractivity contribution in [2.75, 3.05) is 5.32 Å². The number of esters is 1. The summed E-state index contributed by atoms with van der Waals surface area (Å²) in [5.74, 6) is -1.59. The van der Waals surface area contributed by atoms with Crippen LogP contribution in [0.1, 0.15) is 17.3 Å². The van der Waals surface area contributed by atoms with Crippen molar-refractivity contribution in [3.05, 3.63) is 64.4 Å². The maximum Gasteiger partial charge on any atom is 0.338 e. The first-order chi connectivity index (χ1) is 10.5. The van der Waals surface area contributed by atoms with Crippen molar-refractivity contribution >= 4 is 33.5 Å². The Kier molecular flexibility index (Phi) is 5.27. The molecule has 2 aromatic carbocycles. The summed E-state index contributed by atoms with van der Waals surface area (Å²) in [7, 11) is 0. The van der Waals surface area contributed by atoms with Gasteiger partial charge in [-0.2, -0.15) is 0 Å². The molecular weight excluding hydrogens is 353 g/mol. The average Bonchev–Trinajstić information content (AvgIpc) is 2.47. The standard InChI is InChI=1S/C16H13BrFNO3/c1-10(15(20)19-14-4-2-3-13(18)9-14)22-16(21)11-5-7-12(17)8-6-11/h2-10H,1H3,(H,19,20). The lowest BCUT2D eigenvalue weighted by Gasteiger charge is -2.13. The van der Waals surface area contributed by atoms with Crippen molar-refractivity contribution in [2.45, 2.75) is 13.0 Å². The van der Waals surface area contributed by atoms with Crippen molar-refractivity contribution < 1.29 is 18.7 Å². The van der Waals surface area contributed by atoms with E-state index in [1.54, 1.807) is 30.3 Å². The Morgan fingerprint density at radius 2 is 1.86 bits per heavy atom. The molecule has 0 heterocycles. The molecule has 1 N–H and O–H groups in total. The SMILES string of the molecule is CC(OC(=O)c1ccc(Br)cc1)C(=O)Nc1cccc(F)c1. The molecule has 0 aromatic heterocycles. The van der Waals surface area contributed by atoms with Crippen LogP contribution in [0.25, 0.3) is 0 Å². The monoisotopic (exact) mass is 365 g/mol. The summed E-state index contributed by atoms with van der Waals surface area (Å²) in [6, 6.07) is 12.1. The number of hydrogen-bond donors (Lipinski definition) is 1. The van der Waals surface area contributed by atoms with Crippen LogP contribution in [0.3, 0.4) is 0 Å². The molecule has 0 radical (unpaired) electrons. The number of halogens is 2. The smallest absolute Gasteiger partial charge is 0.338 e. The number of carbonyl (C=O) groups is 2. The van der Waals surface area contributed by atoms with E-state index in [1.165, 1.54) is 25.1 Å². The molecule has 0 saturated heterocycles. The molecule has 0 aliphatic rings. The Labute approximate surface area is 135 Å². The van der Waals surface area contributed by atoms with Crippen LogP contribution in [0.2, 0.25) is 0 Å². The van der Waals surface area contributed by atoms with Gasteiger partial charge in [0.15, 0.2) is 6.10 Å². The molecule has 114 valence electrons. The first kappa shape index (κ1) is 16.2. The highest BCUT2D eigenvalue weighted by molar-refractivity contribution is 9.10. The number of ether oxygens (including phenoxy) is 1. The van der Waals surface area contributed by atoms with Gasteiger partial charge in [0.05, 0.1) is 5.56 Å². The molecule has 1 amide bonds. The zero-order valence-electron chi connectivity index (χ0n) is 11.7. The Hall–Kier alpha value is -2.21. The molecule has 0 bridgehead atoms. The Morgan fingerprint density at radius 1 is 1.18 bits per heavy atom. The van der Waals surface area contributed by atoms with Gasteiger partial charge < -0.3 is 10.1 Å². The lowest BCUT2D eigenvalue weighted by molar-refractivity contribution is -0.123. The average molecular weight is 366 g/mol. The van der Waals surface area contributed by atoms with Crippen molar-refractivity contribution in [3.8, 4) is 0 Å². The first-order valence-electron chi connectivity index (χ1n) is 6.48. The summed E-state index contributed by atoms with van der Waals surface area (Å²) < 4.78 is 19.0. The predicted molar refractivity (Wildman–Crippen MR) is 84.0 cm³/mol. The van der Waals surface area contributed by atoms with Crippen molar-refractivity contribution in [2.24, 2.45) is 0 Å². The van der Waals surface area contributed by atoms with Crippen LogP contribution < -0.4 is 5.32 Å². The first-order valence-corrected chi connectivity index (χ1v) is 7.28. The molecular formula is C16H13BrFNO3. The van der Waals surface area contributed by atoms with Gasteiger partial charge >= 0.3 is 5.97 Å². The van der Waals surface area contributed by atoms with Crippen molar-refractivity contribution in [1.82, 2.24) is 0 Å². The van der Waals surface area contributed by atoms with Crippen molar-refractivity contribution in [1.29, 1.82) is 0 Å². The van der Waals surface area contributed by atoms with E-state index >= 15 is 0 Å². The number of amides is 1. The highest BCUT2D eigenvalue weighted by Crippen LogP contribution is 2.13. The van der Waals surface area contributed by atoms with Gasteiger partial charge in [0.2, 0.25) is 0 Å². The maximum absolute atomic E-state index is 13.0. The molecule has 22 heavy (non-hydrogen) atoms. The van der Waals surface area contributed by atoms with E-state index in [-0.39, 0.29) is 0 Å². The molecule has 0 aliphatic heterocycles. The van der Waals surface area contributed by atoms with E-state index in [4.69, 9.17) is 4.74 Å². The highest BCUT2D eigenvalue weighted by Gasteiger charge is 2.19. The zero-order valence-corrected chi connectivity index (χ0v) is 13.3. The fourth-order valence-electron chi connectivity index (χ4n) is 1.68. The number of anilines is 1. The quantitative estimate of drug-likeness (QED) is 0.839. The van der Waals surface area contributed by atoms with E-state index in [0.717, 1.165) is 4.47 Å². The van der Waals surface area contributed by atoms with Crippen LogP contribution in [-0.4, -0.2) is 18.0 Å². The summed E-state index contributed by atoms with van der Waals surface area (Å²) in [6.07, 6.45) is -1.00. The molecule has 6 heteroatoms. The minimum absolute atomic E-state index is 0.302. The molecule has 4 nitrogen and oxygen atoms in total. The summed E-state index contributed by atoms with van der Waals surface area (Å²) in [6.45, 7) is 1.45. The lowest BCUT2D eigenvalue weighted by Crippen LogP contribution is -2.30. The summed E-state index contributed by atoms with van der Waals surface area (Å²) >= 11 is 3.26. The van der Waals surface area contributed by atoms with Crippen molar-refractivity contribution in [3.63, 3.8) is 0 Å². The number of benzene rings is 2. The summed E-state index contributed by atoms with van der Waals surface area (Å²) in [5, 5.41) is 2.48. The molecule has 0 fully saturated rings. The van der Waals surface area contributed by atoms with Gasteiger partial charge in [0, 0.05) is 10.2 Å². The highest BCUT2D eigenvalue weighted by atomic mass is 79.9. The third kappa shape index (κ3) is 4.39. The second-order valence-electron chi connectivity index (χ2n) is 4.55. The fourth-order valence-corrected chi connectivity index (χ4v) is 1.94. The minimum Gasteiger partial charge on any atom is -0.449 e. The van der Waals surface area contributed by atoms with Crippen LogP contribution in [0.4, 0.5) is 10.1 Å². The van der Waals surface area contributed by atoms with Gasteiger partial charge in [0.1, 0.15) is 5.82 Å². The van der Waals surface area contributed by atoms with Gasteiger partial charge in [-0.1, -0.05) is 22.0 Å². The van der Waals surface area contributed by atoms with E-state index in [9.17, 15) is 14.0 Å². The number of hydrogen-bond acceptors (Lipinski definition) is 3. The maximum atomic E-state index is 13.0. The van der Waals surface area contributed by atoms with Crippen LogP contribution >= 0.6 is 15.9 Å². The third-order valence-corrected chi connectivity index (χ3v) is 3.35. The van der Waals surface area contributed by atoms with E-state index in [0.29, 0.717) is 11.3 Å². The normalized spacial score (nSPS) is 11.6. The van der Waals surface area contributed by atoms with Crippen LogP contribution in [0.5, 0.6) is 0 Å². The Morgan fingerprint density at radius 3 is 2.50 bits per heavy atom. The second-order valence-corrected chi connectivity index (χ2v) is 5.47. The van der Waals surface area contributed by atoms with Gasteiger partial charge in [-0.25, -0.2) is 9.18 Å². The topological polar surface area (TPSA) is 55.4 Å². The summed E-state index contributed by atoms with van der Waals surface area (Å²) in [5.41, 5.74) is 0.644. The third-order valence-electron chi connectivity index (χ3n) is 2.83. The molecule has 2 rings (SSSR count). The molecule has 1 atom stereocenters.